The van der Waals surface area contributed by atoms with Gasteiger partial charge in [-0.05, 0) is 31.4 Å². The molecular weight excluding hydrogens is 228 g/mol. The van der Waals surface area contributed by atoms with Crippen molar-refractivity contribution in [3.8, 4) is 0 Å². The van der Waals surface area contributed by atoms with Gasteiger partial charge in [-0.15, -0.1) is 0 Å². The SMILES string of the molecule is CCNC(C)c1ccccc1N(C)CCSC. The molecule has 2 nitrogen and oxygen atoms in total. The minimum absolute atomic E-state index is 0.410. The minimum Gasteiger partial charge on any atom is -0.373 e. The smallest absolute Gasteiger partial charge is 0.0412 e. The standard InChI is InChI=1S/C14H24N2S/c1-5-15-12(2)13-8-6-7-9-14(13)16(3)10-11-17-4/h6-9,12,15H,5,10-11H2,1-4H3. The first kappa shape index (κ1) is 14.4. The third-order valence-electron chi connectivity index (χ3n) is 2.96. The van der Waals surface area contributed by atoms with Gasteiger partial charge in [-0.2, -0.15) is 11.8 Å². The zero-order chi connectivity index (χ0) is 12.7. The summed E-state index contributed by atoms with van der Waals surface area (Å²) in [5, 5.41) is 3.48. The summed E-state index contributed by atoms with van der Waals surface area (Å²) in [4.78, 5) is 2.35. The summed E-state index contributed by atoms with van der Waals surface area (Å²) in [6.07, 6.45) is 2.15. The molecule has 1 N–H and O–H groups in total. The molecule has 0 fully saturated rings. The van der Waals surface area contributed by atoms with E-state index in [2.05, 4.69) is 61.6 Å². The van der Waals surface area contributed by atoms with Crippen LogP contribution in [0.15, 0.2) is 24.3 Å². The van der Waals surface area contributed by atoms with Crippen LogP contribution in [0.4, 0.5) is 5.69 Å². The fraction of sp³-hybridized carbons (Fsp3) is 0.571. The van der Waals surface area contributed by atoms with Crippen molar-refractivity contribution in [2.45, 2.75) is 19.9 Å². The molecule has 17 heavy (non-hydrogen) atoms. The van der Waals surface area contributed by atoms with Crippen molar-refractivity contribution in [2.75, 3.05) is 37.0 Å². The molecule has 0 saturated carbocycles. The van der Waals surface area contributed by atoms with Gasteiger partial charge in [0.2, 0.25) is 0 Å². The van der Waals surface area contributed by atoms with E-state index in [1.165, 1.54) is 17.0 Å². The third kappa shape index (κ3) is 4.25. The first-order chi connectivity index (χ1) is 8.20. The van der Waals surface area contributed by atoms with E-state index in [4.69, 9.17) is 0 Å². The zero-order valence-corrected chi connectivity index (χ0v) is 12.2. The second-order valence-electron chi connectivity index (χ2n) is 4.25. The second kappa shape index (κ2) is 7.62. The predicted molar refractivity (Wildman–Crippen MR) is 80.2 cm³/mol. The largest absolute Gasteiger partial charge is 0.373 e. The molecule has 0 aliphatic rings. The molecule has 0 radical (unpaired) electrons. The van der Waals surface area contributed by atoms with Gasteiger partial charge in [0.05, 0.1) is 0 Å². The lowest BCUT2D eigenvalue weighted by Crippen LogP contribution is -2.25. The maximum absolute atomic E-state index is 3.48. The topological polar surface area (TPSA) is 15.3 Å². The van der Waals surface area contributed by atoms with Crippen LogP contribution in [0.3, 0.4) is 0 Å². The van der Waals surface area contributed by atoms with E-state index in [9.17, 15) is 0 Å². The summed E-state index contributed by atoms with van der Waals surface area (Å²) in [7, 11) is 2.17. The van der Waals surface area contributed by atoms with Gasteiger partial charge in [0, 0.05) is 31.1 Å². The lowest BCUT2D eigenvalue weighted by atomic mass is 10.1. The number of para-hydroxylation sites is 1. The molecule has 1 unspecified atom stereocenters. The van der Waals surface area contributed by atoms with E-state index in [0.717, 1.165) is 13.1 Å². The van der Waals surface area contributed by atoms with Crippen LogP contribution in [0.5, 0.6) is 0 Å². The molecule has 0 amide bonds. The van der Waals surface area contributed by atoms with Crippen LogP contribution in [-0.4, -0.2) is 32.1 Å². The van der Waals surface area contributed by atoms with Crippen LogP contribution in [0.25, 0.3) is 0 Å². The van der Waals surface area contributed by atoms with Crippen molar-refractivity contribution in [2.24, 2.45) is 0 Å². The maximum atomic E-state index is 3.48. The Kier molecular flexibility index (Phi) is 6.45. The number of hydrogen-bond donors (Lipinski definition) is 1. The van der Waals surface area contributed by atoms with Crippen LogP contribution in [0.1, 0.15) is 25.5 Å². The number of nitrogens with one attached hydrogen (secondary N) is 1. The van der Waals surface area contributed by atoms with Crippen molar-refractivity contribution in [3.05, 3.63) is 29.8 Å². The highest BCUT2D eigenvalue weighted by molar-refractivity contribution is 7.98. The van der Waals surface area contributed by atoms with Crippen LogP contribution in [-0.2, 0) is 0 Å². The van der Waals surface area contributed by atoms with E-state index < -0.39 is 0 Å². The van der Waals surface area contributed by atoms with Gasteiger partial charge in [0.15, 0.2) is 0 Å². The molecule has 1 rings (SSSR count). The predicted octanol–water partition coefficient (Wildman–Crippen LogP) is 3.16. The van der Waals surface area contributed by atoms with Crippen molar-refractivity contribution < 1.29 is 0 Å². The molecular formula is C14H24N2S. The van der Waals surface area contributed by atoms with Crippen LogP contribution < -0.4 is 10.2 Å². The highest BCUT2D eigenvalue weighted by Crippen LogP contribution is 2.25. The third-order valence-corrected chi connectivity index (χ3v) is 3.55. The van der Waals surface area contributed by atoms with Gasteiger partial charge in [0.25, 0.3) is 0 Å². The summed E-state index contributed by atoms with van der Waals surface area (Å²) >= 11 is 1.89. The summed E-state index contributed by atoms with van der Waals surface area (Å²) in [6.45, 7) is 6.47. The molecule has 1 atom stereocenters. The molecule has 1 aromatic carbocycles. The molecule has 1 aromatic rings. The molecule has 0 aliphatic carbocycles. The average Bonchev–Trinajstić information content (AvgIpc) is 2.36. The molecule has 0 aromatic heterocycles. The van der Waals surface area contributed by atoms with Gasteiger partial charge in [-0.25, -0.2) is 0 Å². The Balaban J connectivity index is 2.83. The summed E-state index contributed by atoms with van der Waals surface area (Å²) < 4.78 is 0. The average molecular weight is 252 g/mol. The lowest BCUT2D eigenvalue weighted by Gasteiger charge is -2.25. The van der Waals surface area contributed by atoms with Gasteiger partial charge in [0.1, 0.15) is 0 Å². The Hall–Kier alpha value is -0.670. The number of rotatable bonds is 7. The quantitative estimate of drug-likeness (QED) is 0.802. The fourth-order valence-electron chi connectivity index (χ4n) is 1.97. The number of benzene rings is 1. The Morgan fingerprint density at radius 1 is 1.35 bits per heavy atom. The zero-order valence-electron chi connectivity index (χ0n) is 11.4. The van der Waals surface area contributed by atoms with Gasteiger partial charge < -0.3 is 10.2 Å². The fourth-order valence-corrected chi connectivity index (χ4v) is 2.42. The van der Waals surface area contributed by atoms with Crippen molar-refractivity contribution in [1.29, 1.82) is 0 Å². The van der Waals surface area contributed by atoms with Crippen molar-refractivity contribution in [3.63, 3.8) is 0 Å². The molecule has 3 heteroatoms. The van der Waals surface area contributed by atoms with Gasteiger partial charge in [-0.3, -0.25) is 0 Å². The Labute approximate surface area is 110 Å². The first-order valence-corrected chi connectivity index (χ1v) is 7.62. The van der Waals surface area contributed by atoms with Crippen molar-refractivity contribution >= 4 is 17.4 Å². The van der Waals surface area contributed by atoms with E-state index in [-0.39, 0.29) is 0 Å². The number of thioether (sulfide) groups is 1. The summed E-state index contributed by atoms with van der Waals surface area (Å²) in [5.74, 6) is 1.17. The van der Waals surface area contributed by atoms with Crippen LogP contribution >= 0.6 is 11.8 Å². The Bertz CT molecular complexity index is 328. The summed E-state index contributed by atoms with van der Waals surface area (Å²) in [6, 6.07) is 9.08. The molecule has 96 valence electrons. The maximum Gasteiger partial charge on any atom is 0.0412 e. The summed E-state index contributed by atoms with van der Waals surface area (Å²) in [5.41, 5.74) is 2.73. The Morgan fingerprint density at radius 2 is 2.06 bits per heavy atom. The van der Waals surface area contributed by atoms with E-state index in [1.807, 2.05) is 11.8 Å². The molecule has 0 spiro atoms. The van der Waals surface area contributed by atoms with E-state index in [0.29, 0.717) is 6.04 Å². The molecule has 0 bridgehead atoms. The van der Waals surface area contributed by atoms with E-state index in [1.54, 1.807) is 0 Å². The van der Waals surface area contributed by atoms with Crippen LogP contribution in [0.2, 0.25) is 0 Å². The Morgan fingerprint density at radius 3 is 2.71 bits per heavy atom. The van der Waals surface area contributed by atoms with Crippen molar-refractivity contribution in [1.82, 2.24) is 5.32 Å². The highest BCUT2D eigenvalue weighted by atomic mass is 32.2. The molecule has 0 aliphatic heterocycles. The number of anilines is 1. The van der Waals surface area contributed by atoms with Gasteiger partial charge >= 0.3 is 0 Å². The monoisotopic (exact) mass is 252 g/mol. The number of hydrogen-bond acceptors (Lipinski definition) is 3. The number of nitrogens with zero attached hydrogens (tertiary/aromatic N) is 1. The van der Waals surface area contributed by atoms with Crippen LogP contribution in [0, 0.1) is 0 Å². The first-order valence-electron chi connectivity index (χ1n) is 6.23. The lowest BCUT2D eigenvalue weighted by molar-refractivity contribution is 0.597. The second-order valence-corrected chi connectivity index (χ2v) is 5.24. The highest BCUT2D eigenvalue weighted by Gasteiger charge is 2.11. The van der Waals surface area contributed by atoms with Gasteiger partial charge in [-0.1, -0.05) is 25.1 Å². The molecule has 0 saturated heterocycles. The normalized spacial score (nSPS) is 12.5. The molecule has 0 heterocycles. The minimum atomic E-state index is 0.410. The van der Waals surface area contributed by atoms with E-state index >= 15 is 0 Å².